The number of nitrogens with one attached hydrogen (secondary N) is 2. The minimum Gasteiger partial charge on any atom is -0.381 e. The lowest BCUT2D eigenvalue weighted by molar-refractivity contribution is 0.0713. The van der Waals surface area contributed by atoms with Crippen molar-refractivity contribution in [1.82, 2.24) is 9.88 Å². The van der Waals surface area contributed by atoms with Gasteiger partial charge in [0.25, 0.3) is 11.5 Å². The largest absolute Gasteiger partial charge is 0.381 e. The molecule has 1 amide bonds. The highest BCUT2D eigenvalue weighted by Crippen LogP contribution is 2.20. The van der Waals surface area contributed by atoms with Gasteiger partial charge in [0.15, 0.2) is 0 Å². The average Bonchev–Trinajstić information content (AvgIpc) is 2.60. The lowest BCUT2D eigenvalue weighted by Crippen LogP contribution is -2.46. The third kappa shape index (κ3) is 4.04. The number of aryl methyl sites for hydroxylation is 2. The zero-order valence-electron chi connectivity index (χ0n) is 14.4. The van der Waals surface area contributed by atoms with Gasteiger partial charge in [-0.3, -0.25) is 9.59 Å². The smallest absolute Gasteiger partial charge is 0.260 e. The van der Waals surface area contributed by atoms with Crippen molar-refractivity contribution in [2.45, 2.75) is 32.7 Å². The molecule has 1 aliphatic rings. The zero-order valence-corrected chi connectivity index (χ0v) is 15.2. The van der Waals surface area contributed by atoms with E-state index in [9.17, 15) is 9.59 Å². The Labute approximate surface area is 152 Å². The van der Waals surface area contributed by atoms with Gasteiger partial charge in [0.1, 0.15) is 5.56 Å². The molecule has 1 saturated heterocycles. The lowest BCUT2D eigenvalue weighted by atomic mass is 10.0. The van der Waals surface area contributed by atoms with E-state index in [0.717, 1.165) is 18.5 Å². The number of carbonyl (C=O) groups is 1. The van der Waals surface area contributed by atoms with Crippen LogP contribution in [0.5, 0.6) is 0 Å². The minimum absolute atomic E-state index is 0.0966. The molecule has 1 unspecified atom stereocenters. The van der Waals surface area contributed by atoms with Crippen LogP contribution in [0.15, 0.2) is 35.3 Å². The Morgan fingerprint density at radius 2 is 2.08 bits per heavy atom. The van der Waals surface area contributed by atoms with Gasteiger partial charge in [0.05, 0.1) is 5.02 Å². The summed E-state index contributed by atoms with van der Waals surface area (Å²) in [6.45, 7) is 5.39. The summed E-state index contributed by atoms with van der Waals surface area (Å²) in [4.78, 5) is 28.8. The number of rotatable bonds is 3. The van der Waals surface area contributed by atoms with Crippen molar-refractivity contribution in [3.8, 4) is 0 Å². The Morgan fingerprint density at radius 1 is 1.28 bits per heavy atom. The molecule has 1 fully saturated rings. The van der Waals surface area contributed by atoms with E-state index in [1.165, 1.54) is 23.4 Å². The molecule has 2 N–H and O–H groups in total. The molecule has 1 atom stereocenters. The number of likely N-dealkylation sites (tertiary alicyclic amines) is 1. The maximum Gasteiger partial charge on any atom is 0.260 e. The van der Waals surface area contributed by atoms with Crippen molar-refractivity contribution in [2.75, 3.05) is 18.4 Å². The standard InChI is InChI=1S/C19H22ClN3O2/c1-12-5-6-15(8-13(12)2)22-16-4-3-7-23(11-16)19(25)17-9-14(20)10-21-18(17)24/h5-6,8-10,16,22H,3-4,7,11H2,1-2H3,(H,21,24). The Kier molecular flexibility index (Phi) is 5.13. The highest BCUT2D eigenvalue weighted by Gasteiger charge is 2.26. The predicted molar refractivity (Wildman–Crippen MR) is 101 cm³/mol. The molecule has 2 heterocycles. The summed E-state index contributed by atoms with van der Waals surface area (Å²) in [6.07, 6.45) is 3.27. The molecule has 1 aliphatic heterocycles. The number of pyridine rings is 1. The van der Waals surface area contributed by atoms with Crippen LogP contribution in [0.25, 0.3) is 0 Å². The summed E-state index contributed by atoms with van der Waals surface area (Å²) in [7, 11) is 0. The third-order valence-electron chi connectivity index (χ3n) is 4.68. The number of halogens is 1. The summed E-state index contributed by atoms with van der Waals surface area (Å²) >= 11 is 5.91. The number of amides is 1. The Bertz CT molecular complexity index is 847. The summed E-state index contributed by atoms with van der Waals surface area (Å²) in [6, 6.07) is 7.87. The number of hydrogen-bond donors (Lipinski definition) is 2. The first kappa shape index (κ1) is 17.5. The topological polar surface area (TPSA) is 65.2 Å². The van der Waals surface area contributed by atoms with Crippen LogP contribution in [0.1, 0.15) is 34.3 Å². The van der Waals surface area contributed by atoms with E-state index in [1.54, 1.807) is 4.90 Å². The van der Waals surface area contributed by atoms with E-state index in [4.69, 9.17) is 11.6 Å². The van der Waals surface area contributed by atoms with Gasteiger partial charge >= 0.3 is 0 Å². The first-order chi connectivity index (χ1) is 11.9. The van der Waals surface area contributed by atoms with Crippen molar-refractivity contribution in [3.05, 3.63) is 62.5 Å². The maximum absolute atomic E-state index is 12.7. The fourth-order valence-electron chi connectivity index (χ4n) is 3.13. The molecular weight excluding hydrogens is 338 g/mol. The molecule has 25 heavy (non-hydrogen) atoms. The van der Waals surface area contributed by atoms with Gasteiger partial charge in [0, 0.05) is 31.0 Å². The number of aromatic amines is 1. The highest BCUT2D eigenvalue weighted by atomic mass is 35.5. The normalized spacial score (nSPS) is 17.4. The van der Waals surface area contributed by atoms with Crippen LogP contribution in [0.3, 0.4) is 0 Å². The second kappa shape index (κ2) is 7.31. The van der Waals surface area contributed by atoms with Gasteiger partial charge < -0.3 is 15.2 Å². The van der Waals surface area contributed by atoms with Crippen LogP contribution >= 0.6 is 11.6 Å². The molecule has 2 aromatic rings. The highest BCUT2D eigenvalue weighted by molar-refractivity contribution is 6.30. The molecule has 0 bridgehead atoms. The van der Waals surface area contributed by atoms with E-state index in [-0.39, 0.29) is 17.5 Å². The van der Waals surface area contributed by atoms with E-state index in [2.05, 4.69) is 42.3 Å². The first-order valence-corrected chi connectivity index (χ1v) is 8.83. The monoisotopic (exact) mass is 359 g/mol. The number of carbonyl (C=O) groups excluding carboxylic acids is 1. The van der Waals surface area contributed by atoms with E-state index in [1.807, 2.05) is 0 Å². The molecule has 132 valence electrons. The van der Waals surface area contributed by atoms with Crippen LogP contribution in [-0.2, 0) is 0 Å². The van der Waals surface area contributed by atoms with Crippen molar-refractivity contribution in [2.24, 2.45) is 0 Å². The second-order valence-electron chi connectivity index (χ2n) is 6.59. The van der Waals surface area contributed by atoms with Crippen LogP contribution < -0.4 is 10.9 Å². The molecule has 6 heteroatoms. The molecule has 0 spiro atoms. The molecule has 0 saturated carbocycles. The SMILES string of the molecule is Cc1ccc(NC2CCCN(C(=O)c3cc(Cl)c[nH]c3=O)C2)cc1C. The van der Waals surface area contributed by atoms with Crippen LogP contribution in [0.4, 0.5) is 5.69 Å². The third-order valence-corrected chi connectivity index (χ3v) is 4.90. The fourth-order valence-corrected chi connectivity index (χ4v) is 3.30. The Balaban J connectivity index is 1.72. The number of piperidine rings is 1. The summed E-state index contributed by atoms with van der Waals surface area (Å²) < 4.78 is 0. The molecule has 1 aromatic carbocycles. The molecule has 5 nitrogen and oxygen atoms in total. The number of nitrogens with zero attached hydrogens (tertiary/aromatic N) is 1. The quantitative estimate of drug-likeness (QED) is 0.883. The predicted octanol–water partition coefficient (Wildman–Crippen LogP) is 3.36. The lowest BCUT2D eigenvalue weighted by Gasteiger charge is -2.33. The summed E-state index contributed by atoms with van der Waals surface area (Å²) in [5.41, 5.74) is 3.24. The van der Waals surface area contributed by atoms with E-state index in [0.29, 0.717) is 18.1 Å². The van der Waals surface area contributed by atoms with Crippen molar-refractivity contribution >= 4 is 23.2 Å². The van der Waals surface area contributed by atoms with Crippen molar-refractivity contribution in [1.29, 1.82) is 0 Å². The second-order valence-corrected chi connectivity index (χ2v) is 7.03. The molecular formula is C19H22ClN3O2. The Morgan fingerprint density at radius 3 is 2.84 bits per heavy atom. The number of benzene rings is 1. The van der Waals surface area contributed by atoms with Crippen molar-refractivity contribution < 1.29 is 4.79 Å². The van der Waals surface area contributed by atoms with E-state index >= 15 is 0 Å². The van der Waals surface area contributed by atoms with Gasteiger partial charge in [-0.2, -0.15) is 0 Å². The zero-order chi connectivity index (χ0) is 18.0. The maximum atomic E-state index is 12.7. The molecule has 3 rings (SSSR count). The Hall–Kier alpha value is -2.27. The number of hydrogen-bond acceptors (Lipinski definition) is 3. The number of H-pyrrole nitrogens is 1. The average molecular weight is 360 g/mol. The minimum atomic E-state index is -0.404. The molecule has 0 radical (unpaired) electrons. The van der Waals surface area contributed by atoms with Gasteiger partial charge in [-0.05, 0) is 56.0 Å². The molecule has 0 aliphatic carbocycles. The fraction of sp³-hybridized carbons (Fsp3) is 0.368. The summed E-state index contributed by atoms with van der Waals surface area (Å²) in [5, 5.41) is 3.86. The molecule has 1 aromatic heterocycles. The van der Waals surface area contributed by atoms with Gasteiger partial charge in [-0.25, -0.2) is 0 Å². The number of aromatic nitrogens is 1. The summed E-state index contributed by atoms with van der Waals surface area (Å²) in [5.74, 6) is -0.268. The van der Waals surface area contributed by atoms with E-state index < -0.39 is 5.56 Å². The number of anilines is 1. The van der Waals surface area contributed by atoms with Gasteiger partial charge in [-0.1, -0.05) is 17.7 Å². The van der Waals surface area contributed by atoms with Gasteiger partial charge in [0.2, 0.25) is 0 Å². The van der Waals surface area contributed by atoms with Crippen molar-refractivity contribution in [3.63, 3.8) is 0 Å². The first-order valence-electron chi connectivity index (χ1n) is 8.45. The van der Waals surface area contributed by atoms with Crippen LogP contribution in [-0.4, -0.2) is 34.9 Å². The van der Waals surface area contributed by atoms with Crippen LogP contribution in [0, 0.1) is 13.8 Å². The van der Waals surface area contributed by atoms with Crippen LogP contribution in [0.2, 0.25) is 5.02 Å². The van der Waals surface area contributed by atoms with Gasteiger partial charge in [-0.15, -0.1) is 0 Å².